The molecule has 0 fully saturated rings. The normalized spacial score (nSPS) is 10.6. The summed E-state index contributed by atoms with van der Waals surface area (Å²) in [5.74, 6) is 0. The Labute approximate surface area is 148 Å². The predicted molar refractivity (Wildman–Crippen MR) is 103 cm³/mol. The monoisotopic (exact) mass is 414 g/mol. The Balaban J connectivity index is 2.19. The predicted octanol–water partition coefficient (Wildman–Crippen LogP) is 6.81. The molecular formula is C20H16Br2. The van der Waals surface area contributed by atoms with E-state index in [0.29, 0.717) is 0 Å². The van der Waals surface area contributed by atoms with Crippen LogP contribution < -0.4 is 0 Å². The third-order valence-electron chi connectivity index (χ3n) is 3.79. The van der Waals surface area contributed by atoms with E-state index in [4.69, 9.17) is 0 Å². The van der Waals surface area contributed by atoms with E-state index >= 15 is 0 Å². The molecule has 0 bridgehead atoms. The van der Waals surface area contributed by atoms with Gasteiger partial charge in [0.2, 0.25) is 0 Å². The molecule has 0 heterocycles. The van der Waals surface area contributed by atoms with E-state index in [9.17, 15) is 0 Å². The number of hydrogen-bond acceptors (Lipinski definition) is 0. The highest BCUT2D eigenvalue weighted by Gasteiger charge is 2.11. The maximum Gasteiger partial charge on any atom is 0.0289 e. The lowest BCUT2D eigenvalue weighted by atomic mass is 9.92. The zero-order valence-electron chi connectivity index (χ0n) is 12.1. The summed E-state index contributed by atoms with van der Waals surface area (Å²) < 4.78 is 0. The van der Waals surface area contributed by atoms with Crippen LogP contribution in [0.2, 0.25) is 0 Å². The van der Waals surface area contributed by atoms with E-state index < -0.39 is 0 Å². The molecule has 3 aromatic carbocycles. The van der Waals surface area contributed by atoms with E-state index in [0.717, 1.165) is 10.7 Å². The van der Waals surface area contributed by atoms with Crippen LogP contribution in [0, 0.1) is 0 Å². The van der Waals surface area contributed by atoms with Crippen LogP contribution in [0.3, 0.4) is 0 Å². The Morgan fingerprint density at radius 1 is 0.545 bits per heavy atom. The van der Waals surface area contributed by atoms with Crippen molar-refractivity contribution in [3.8, 4) is 22.3 Å². The first-order chi connectivity index (χ1) is 10.8. The summed E-state index contributed by atoms with van der Waals surface area (Å²) in [6.45, 7) is 0. The van der Waals surface area contributed by atoms with Crippen molar-refractivity contribution >= 4 is 31.9 Å². The van der Waals surface area contributed by atoms with Gasteiger partial charge < -0.3 is 0 Å². The Morgan fingerprint density at radius 3 is 1.23 bits per heavy atom. The minimum absolute atomic E-state index is 0.847. The number of halogens is 2. The first-order valence-corrected chi connectivity index (χ1v) is 9.46. The van der Waals surface area contributed by atoms with Crippen LogP contribution in [0.1, 0.15) is 11.1 Å². The molecule has 0 saturated carbocycles. The highest BCUT2D eigenvalue weighted by molar-refractivity contribution is 9.08. The van der Waals surface area contributed by atoms with Gasteiger partial charge in [0, 0.05) is 10.7 Å². The zero-order valence-corrected chi connectivity index (χ0v) is 15.3. The summed E-state index contributed by atoms with van der Waals surface area (Å²) in [6, 6.07) is 25.8. The van der Waals surface area contributed by atoms with E-state index in [1.165, 1.54) is 33.4 Å². The van der Waals surface area contributed by atoms with Crippen molar-refractivity contribution in [1.29, 1.82) is 0 Å². The number of benzene rings is 3. The van der Waals surface area contributed by atoms with Crippen molar-refractivity contribution in [3.63, 3.8) is 0 Å². The quantitative estimate of drug-likeness (QED) is 0.410. The standard InChI is InChI=1S/C20H16Br2/c21-13-17-12-20(16-9-5-2-6-10-16)18(14-22)11-19(17)15-7-3-1-4-8-15/h1-12H,13-14H2. The average Bonchev–Trinajstić information content (AvgIpc) is 2.62. The van der Waals surface area contributed by atoms with Crippen LogP contribution in [-0.2, 0) is 10.7 Å². The van der Waals surface area contributed by atoms with Crippen LogP contribution in [0.25, 0.3) is 22.3 Å². The Bertz CT molecular complexity index is 682. The molecular weight excluding hydrogens is 400 g/mol. The average molecular weight is 416 g/mol. The maximum absolute atomic E-state index is 3.65. The lowest BCUT2D eigenvalue weighted by Crippen LogP contribution is -1.94. The smallest absolute Gasteiger partial charge is 0.0289 e. The zero-order chi connectivity index (χ0) is 15.4. The minimum atomic E-state index is 0.847. The molecule has 0 aliphatic rings. The molecule has 0 radical (unpaired) electrons. The van der Waals surface area contributed by atoms with Gasteiger partial charge in [-0.05, 0) is 45.5 Å². The van der Waals surface area contributed by atoms with Gasteiger partial charge in [0.05, 0.1) is 0 Å². The molecule has 110 valence electrons. The van der Waals surface area contributed by atoms with Crippen molar-refractivity contribution < 1.29 is 0 Å². The lowest BCUT2D eigenvalue weighted by Gasteiger charge is -2.15. The van der Waals surface area contributed by atoms with Gasteiger partial charge in [-0.15, -0.1) is 0 Å². The first kappa shape index (κ1) is 15.5. The van der Waals surface area contributed by atoms with Crippen molar-refractivity contribution in [1.82, 2.24) is 0 Å². The Morgan fingerprint density at radius 2 is 0.909 bits per heavy atom. The van der Waals surface area contributed by atoms with Gasteiger partial charge in [0.15, 0.2) is 0 Å². The Kier molecular flexibility index (Phi) is 5.12. The fraction of sp³-hybridized carbons (Fsp3) is 0.100. The largest absolute Gasteiger partial charge is 0.0876 e. The van der Waals surface area contributed by atoms with Crippen LogP contribution in [0.5, 0.6) is 0 Å². The van der Waals surface area contributed by atoms with Crippen LogP contribution in [0.15, 0.2) is 72.8 Å². The van der Waals surface area contributed by atoms with Gasteiger partial charge in [-0.25, -0.2) is 0 Å². The lowest BCUT2D eigenvalue weighted by molar-refractivity contribution is 1.36. The fourth-order valence-corrected chi connectivity index (χ4v) is 3.61. The summed E-state index contributed by atoms with van der Waals surface area (Å²) in [5.41, 5.74) is 7.75. The molecule has 0 aromatic heterocycles. The molecule has 3 rings (SSSR count). The van der Waals surface area contributed by atoms with Crippen molar-refractivity contribution in [3.05, 3.63) is 83.9 Å². The van der Waals surface area contributed by atoms with E-state index in [-0.39, 0.29) is 0 Å². The van der Waals surface area contributed by atoms with E-state index in [2.05, 4.69) is 105 Å². The SMILES string of the molecule is BrCc1cc(-c2ccccc2)c(CBr)cc1-c1ccccc1. The van der Waals surface area contributed by atoms with Gasteiger partial charge >= 0.3 is 0 Å². The molecule has 0 aliphatic carbocycles. The second-order valence-corrected chi connectivity index (χ2v) is 6.29. The molecule has 0 unspecified atom stereocenters. The molecule has 2 heteroatoms. The second-order valence-electron chi connectivity index (χ2n) is 5.17. The third kappa shape index (κ3) is 3.18. The van der Waals surface area contributed by atoms with Gasteiger partial charge in [-0.2, -0.15) is 0 Å². The van der Waals surface area contributed by atoms with E-state index in [1.54, 1.807) is 0 Å². The molecule has 22 heavy (non-hydrogen) atoms. The third-order valence-corrected chi connectivity index (χ3v) is 4.99. The van der Waals surface area contributed by atoms with Crippen molar-refractivity contribution in [2.24, 2.45) is 0 Å². The van der Waals surface area contributed by atoms with Crippen LogP contribution >= 0.6 is 31.9 Å². The second kappa shape index (κ2) is 7.26. The number of hydrogen-bond donors (Lipinski definition) is 0. The highest BCUT2D eigenvalue weighted by Crippen LogP contribution is 2.34. The van der Waals surface area contributed by atoms with Gasteiger partial charge in [0.25, 0.3) is 0 Å². The van der Waals surface area contributed by atoms with Gasteiger partial charge in [-0.1, -0.05) is 92.5 Å². The highest BCUT2D eigenvalue weighted by atomic mass is 79.9. The molecule has 0 atom stereocenters. The molecule has 3 aromatic rings. The summed E-state index contributed by atoms with van der Waals surface area (Å²) in [4.78, 5) is 0. The first-order valence-electron chi connectivity index (χ1n) is 7.22. The summed E-state index contributed by atoms with van der Waals surface area (Å²) >= 11 is 7.29. The van der Waals surface area contributed by atoms with E-state index in [1.807, 2.05) is 0 Å². The topological polar surface area (TPSA) is 0 Å². The molecule has 0 spiro atoms. The summed E-state index contributed by atoms with van der Waals surface area (Å²) in [7, 11) is 0. The maximum atomic E-state index is 3.65. The molecule has 0 N–H and O–H groups in total. The summed E-state index contributed by atoms with van der Waals surface area (Å²) in [5, 5.41) is 1.69. The molecule has 0 aliphatic heterocycles. The molecule has 0 nitrogen and oxygen atoms in total. The molecule has 0 amide bonds. The number of alkyl halides is 2. The Hall–Kier alpha value is -1.38. The minimum Gasteiger partial charge on any atom is -0.0876 e. The van der Waals surface area contributed by atoms with Crippen LogP contribution in [0.4, 0.5) is 0 Å². The van der Waals surface area contributed by atoms with Crippen molar-refractivity contribution in [2.45, 2.75) is 10.7 Å². The van der Waals surface area contributed by atoms with Crippen LogP contribution in [-0.4, -0.2) is 0 Å². The summed E-state index contributed by atoms with van der Waals surface area (Å²) in [6.07, 6.45) is 0. The fourth-order valence-electron chi connectivity index (χ4n) is 2.68. The van der Waals surface area contributed by atoms with Gasteiger partial charge in [0.1, 0.15) is 0 Å². The molecule has 0 saturated heterocycles. The van der Waals surface area contributed by atoms with Gasteiger partial charge in [-0.3, -0.25) is 0 Å². The van der Waals surface area contributed by atoms with Crippen molar-refractivity contribution in [2.75, 3.05) is 0 Å². The number of rotatable bonds is 4.